The van der Waals surface area contributed by atoms with Gasteiger partial charge >= 0.3 is 0 Å². The Balaban J connectivity index is 2.19. The van der Waals surface area contributed by atoms with Crippen LogP contribution in [-0.4, -0.2) is 9.97 Å². The molecule has 0 saturated carbocycles. The van der Waals surface area contributed by atoms with Crippen molar-refractivity contribution in [2.75, 3.05) is 5.73 Å². The Labute approximate surface area is 114 Å². The number of nitrogen functional groups attached to an aromatic ring is 1. The van der Waals surface area contributed by atoms with Crippen molar-refractivity contribution in [3.8, 4) is 6.07 Å². The van der Waals surface area contributed by atoms with Crippen LogP contribution in [0.3, 0.4) is 0 Å². The highest BCUT2D eigenvalue weighted by Gasteiger charge is 2.07. The third-order valence-corrected chi connectivity index (χ3v) is 3.29. The summed E-state index contributed by atoms with van der Waals surface area (Å²) >= 11 is 1.32. The number of benzene rings is 1. The Morgan fingerprint density at radius 2 is 2.16 bits per heavy atom. The molecule has 4 nitrogen and oxygen atoms in total. The van der Waals surface area contributed by atoms with Crippen molar-refractivity contribution in [3.05, 3.63) is 46.9 Å². The molecule has 0 bridgehead atoms. The second-order valence-electron chi connectivity index (χ2n) is 3.92. The van der Waals surface area contributed by atoms with Crippen LogP contribution >= 0.6 is 11.8 Å². The van der Waals surface area contributed by atoms with Gasteiger partial charge in [-0.05, 0) is 30.7 Å². The van der Waals surface area contributed by atoms with Crippen molar-refractivity contribution in [1.82, 2.24) is 9.97 Å². The van der Waals surface area contributed by atoms with E-state index in [2.05, 4.69) is 9.97 Å². The summed E-state index contributed by atoms with van der Waals surface area (Å²) in [5.41, 5.74) is 7.48. The monoisotopic (exact) mass is 274 g/mol. The molecule has 0 spiro atoms. The Kier molecular flexibility index (Phi) is 3.97. The number of thioether (sulfide) groups is 1. The molecule has 0 saturated heterocycles. The first-order valence-electron chi connectivity index (χ1n) is 5.51. The van der Waals surface area contributed by atoms with Crippen LogP contribution in [0, 0.1) is 24.1 Å². The van der Waals surface area contributed by atoms with E-state index in [1.54, 1.807) is 6.07 Å². The minimum absolute atomic E-state index is 0.362. The molecule has 96 valence electrons. The molecule has 1 aromatic heterocycles. The normalized spacial score (nSPS) is 10.2. The van der Waals surface area contributed by atoms with Gasteiger partial charge in [0.1, 0.15) is 11.6 Å². The van der Waals surface area contributed by atoms with E-state index in [0.29, 0.717) is 27.9 Å². The summed E-state index contributed by atoms with van der Waals surface area (Å²) in [4.78, 5) is 8.30. The molecular weight excluding hydrogens is 263 g/mol. The summed E-state index contributed by atoms with van der Waals surface area (Å²) in [5, 5.41) is 9.48. The lowest BCUT2D eigenvalue weighted by Crippen LogP contribution is -1.97. The summed E-state index contributed by atoms with van der Waals surface area (Å²) in [6.07, 6.45) is 0. The topological polar surface area (TPSA) is 75.6 Å². The Morgan fingerprint density at radius 1 is 1.37 bits per heavy atom. The zero-order valence-corrected chi connectivity index (χ0v) is 11.0. The number of hydrogen-bond acceptors (Lipinski definition) is 5. The lowest BCUT2D eigenvalue weighted by atomic mass is 10.1. The number of hydrogen-bond donors (Lipinski definition) is 1. The molecule has 0 amide bonds. The number of nitrogens with zero attached hydrogens (tertiary/aromatic N) is 3. The molecule has 2 rings (SSSR count). The van der Waals surface area contributed by atoms with Crippen LogP contribution in [0.4, 0.5) is 10.2 Å². The SMILES string of the molecule is Cc1cc(N)nc(SCc2cc(F)ccc2C#N)n1. The molecule has 1 heterocycles. The van der Waals surface area contributed by atoms with Crippen LogP contribution in [0.1, 0.15) is 16.8 Å². The van der Waals surface area contributed by atoms with Gasteiger partial charge in [0.25, 0.3) is 0 Å². The summed E-state index contributed by atoms with van der Waals surface area (Å²) in [5.74, 6) is 0.456. The van der Waals surface area contributed by atoms with Crippen molar-refractivity contribution in [2.45, 2.75) is 17.8 Å². The van der Waals surface area contributed by atoms with E-state index in [4.69, 9.17) is 11.0 Å². The summed E-state index contributed by atoms with van der Waals surface area (Å²) < 4.78 is 13.2. The third kappa shape index (κ3) is 3.42. The van der Waals surface area contributed by atoms with Crippen molar-refractivity contribution >= 4 is 17.6 Å². The Morgan fingerprint density at radius 3 is 2.84 bits per heavy atom. The van der Waals surface area contributed by atoms with Crippen LogP contribution in [0.5, 0.6) is 0 Å². The summed E-state index contributed by atoms with van der Waals surface area (Å²) in [6, 6.07) is 7.80. The largest absolute Gasteiger partial charge is 0.384 e. The van der Waals surface area contributed by atoms with E-state index in [9.17, 15) is 4.39 Å². The zero-order chi connectivity index (χ0) is 13.8. The highest BCUT2D eigenvalue weighted by molar-refractivity contribution is 7.98. The highest BCUT2D eigenvalue weighted by atomic mass is 32.2. The number of aryl methyl sites for hydroxylation is 1. The third-order valence-electron chi connectivity index (χ3n) is 2.40. The minimum atomic E-state index is -0.362. The van der Waals surface area contributed by atoms with Gasteiger partial charge in [-0.15, -0.1) is 0 Å². The molecule has 2 aromatic rings. The second-order valence-corrected chi connectivity index (χ2v) is 4.86. The lowest BCUT2D eigenvalue weighted by Gasteiger charge is -2.05. The van der Waals surface area contributed by atoms with E-state index in [-0.39, 0.29) is 5.82 Å². The fraction of sp³-hybridized carbons (Fsp3) is 0.154. The first-order chi connectivity index (χ1) is 9.08. The van der Waals surface area contributed by atoms with E-state index in [0.717, 1.165) is 5.69 Å². The number of anilines is 1. The van der Waals surface area contributed by atoms with E-state index < -0.39 is 0 Å². The molecule has 0 atom stereocenters. The van der Waals surface area contributed by atoms with Gasteiger partial charge in [-0.2, -0.15) is 5.26 Å². The average Bonchev–Trinajstić information content (AvgIpc) is 2.35. The maximum atomic E-state index is 13.2. The molecule has 0 fully saturated rings. The van der Waals surface area contributed by atoms with Crippen molar-refractivity contribution < 1.29 is 4.39 Å². The number of nitriles is 1. The molecule has 6 heteroatoms. The molecular formula is C13H11FN4S. The van der Waals surface area contributed by atoms with Crippen LogP contribution in [-0.2, 0) is 5.75 Å². The molecule has 0 aliphatic carbocycles. The molecule has 0 aliphatic heterocycles. The number of halogens is 1. The minimum Gasteiger partial charge on any atom is -0.384 e. The van der Waals surface area contributed by atoms with Gasteiger partial charge in [0.05, 0.1) is 11.6 Å². The van der Waals surface area contributed by atoms with Crippen molar-refractivity contribution in [1.29, 1.82) is 5.26 Å². The fourth-order valence-corrected chi connectivity index (χ4v) is 2.46. The first kappa shape index (κ1) is 13.3. The number of nitrogens with two attached hydrogens (primary N) is 1. The number of aromatic nitrogens is 2. The quantitative estimate of drug-likeness (QED) is 0.688. The fourth-order valence-electron chi connectivity index (χ4n) is 1.56. The first-order valence-corrected chi connectivity index (χ1v) is 6.49. The lowest BCUT2D eigenvalue weighted by molar-refractivity contribution is 0.626. The predicted octanol–water partition coefficient (Wildman–Crippen LogP) is 2.67. The van der Waals surface area contributed by atoms with Gasteiger partial charge in [-0.3, -0.25) is 0 Å². The van der Waals surface area contributed by atoms with Gasteiger partial charge in [-0.1, -0.05) is 11.8 Å². The van der Waals surface area contributed by atoms with E-state index >= 15 is 0 Å². The molecule has 0 unspecified atom stereocenters. The van der Waals surface area contributed by atoms with Crippen LogP contribution in [0.15, 0.2) is 29.4 Å². The molecule has 1 aromatic carbocycles. The smallest absolute Gasteiger partial charge is 0.190 e. The predicted molar refractivity (Wildman–Crippen MR) is 71.9 cm³/mol. The van der Waals surface area contributed by atoms with Gasteiger partial charge in [-0.25, -0.2) is 14.4 Å². The van der Waals surface area contributed by atoms with Gasteiger partial charge in [0.15, 0.2) is 5.16 Å². The second kappa shape index (κ2) is 5.67. The van der Waals surface area contributed by atoms with E-state index in [1.807, 2.05) is 13.0 Å². The summed E-state index contributed by atoms with van der Waals surface area (Å²) in [6.45, 7) is 1.82. The van der Waals surface area contributed by atoms with Crippen LogP contribution < -0.4 is 5.73 Å². The van der Waals surface area contributed by atoms with Gasteiger partial charge < -0.3 is 5.73 Å². The summed E-state index contributed by atoms with van der Waals surface area (Å²) in [7, 11) is 0. The average molecular weight is 274 g/mol. The molecule has 0 aliphatic rings. The zero-order valence-electron chi connectivity index (χ0n) is 10.2. The van der Waals surface area contributed by atoms with Gasteiger partial charge in [0, 0.05) is 17.5 Å². The van der Waals surface area contributed by atoms with Crippen molar-refractivity contribution in [2.24, 2.45) is 0 Å². The molecule has 2 N–H and O–H groups in total. The highest BCUT2D eigenvalue weighted by Crippen LogP contribution is 2.23. The maximum absolute atomic E-state index is 13.2. The Bertz CT molecular complexity index is 631. The standard InChI is InChI=1S/C13H11FN4S/c1-8-4-12(16)18-13(17-8)19-7-10-5-11(14)3-2-9(10)6-15/h2-5H,7H2,1H3,(H2,16,17,18). The van der Waals surface area contributed by atoms with Crippen molar-refractivity contribution in [3.63, 3.8) is 0 Å². The Hall–Kier alpha value is -2.13. The van der Waals surface area contributed by atoms with Crippen LogP contribution in [0.2, 0.25) is 0 Å². The van der Waals surface area contributed by atoms with E-state index in [1.165, 1.54) is 30.0 Å². The molecule has 0 radical (unpaired) electrons. The number of rotatable bonds is 3. The molecule has 19 heavy (non-hydrogen) atoms. The van der Waals surface area contributed by atoms with Gasteiger partial charge in [0.2, 0.25) is 0 Å². The van der Waals surface area contributed by atoms with Crippen LogP contribution in [0.25, 0.3) is 0 Å². The maximum Gasteiger partial charge on any atom is 0.190 e.